The minimum Gasteiger partial charge on any atom is -0.312 e. The van der Waals surface area contributed by atoms with Crippen LogP contribution in [0.25, 0.3) is 10.8 Å². The number of H-pyrrole nitrogens is 1. The first-order valence-electron chi connectivity index (χ1n) is 8.25. The molecule has 2 aromatic carbocycles. The fourth-order valence-corrected chi connectivity index (χ4v) is 3.34. The third-order valence-corrected chi connectivity index (χ3v) is 4.62. The Labute approximate surface area is 143 Å². The van der Waals surface area contributed by atoms with Crippen molar-refractivity contribution in [3.8, 4) is 0 Å². The van der Waals surface area contributed by atoms with E-state index in [1.807, 2.05) is 24.3 Å². The molecule has 1 amide bonds. The van der Waals surface area contributed by atoms with E-state index in [-0.39, 0.29) is 30.0 Å². The maximum absolute atomic E-state index is 12.6. The van der Waals surface area contributed by atoms with Crippen LogP contribution >= 0.6 is 0 Å². The predicted octanol–water partition coefficient (Wildman–Crippen LogP) is 1.67. The molecule has 0 bridgehead atoms. The minimum atomic E-state index is -0.325. The number of amides is 1. The number of hydrogen-bond donors (Lipinski definition) is 1. The van der Waals surface area contributed by atoms with E-state index >= 15 is 0 Å². The van der Waals surface area contributed by atoms with Gasteiger partial charge in [0.1, 0.15) is 0 Å². The van der Waals surface area contributed by atoms with Crippen LogP contribution in [0.5, 0.6) is 0 Å². The molecule has 6 heteroatoms. The van der Waals surface area contributed by atoms with Crippen LogP contribution in [0.3, 0.4) is 0 Å². The molecule has 126 valence electrons. The van der Waals surface area contributed by atoms with E-state index in [0.29, 0.717) is 17.3 Å². The van der Waals surface area contributed by atoms with Gasteiger partial charge in [-0.15, -0.1) is 0 Å². The van der Waals surface area contributed by atoms with Gasteiger partial charge in [0.2, 0.25) is 5.91 Å². The monoisotopic (exact) mass is 335 g/mol. The lowest BCUT2D eigenvalue weighted by Crippen LogP contribution is -2.34. The van der Waals surface area contributed by atoms with Gasteiger partial charge >= 0.3 is 0 Å². The molecule has 1 aliphatic heterocycles. The molecule has 3 aromatic rings. The van der Waals surface area contributed by atoms with Gasteiger partial charge in [0.25, 0.3) is 11.1 Å². The molecule has 1 aromatic heterocycles. The molecule has 0 atom stereocenters. The Balaban J connectivity index is 1.57. The Morgan fingerprint density at radius 3 is 2.56 bits per heavy atom. The molecule has 2 heterocycles. The third-order valence-electron chi connectivity index (χ3n) is 4.62. The zero-order valence-corrected chi connectivity index (χ0v) is 13.6. The highest BCUT2D eigenvalue weighted by Gasteiger charge is 2.23. The fraction of sp³-hybridized carbons (Fsp3) is 0.211. The molecular weight excluding hydrogens is 318 g/mol. The number of para-hydroxylation sites is 1. The Bertz CT molecular complexity index is 1080. The molecule has 0 saturated carbocycles. The molecule has 4 rings (SSSR count). The van der Waals surface area contributed by atoms with Gasteiger partial charge < -0.3 is 4.90 Å². The van der Waals surface area contributed by atoms with Gasteiger partial charge in [-0.1, -0.05) is 30.3 Å². The lowest BCUT2D eigenvalue weighted by molar-refractivity contribution is -0.118. The fourth-order valence-electron chi connectivity index (χ4n) is 3.34. The second kappa shape index (κ2) is 6.05. The third kappa shape index (κ3) is 2.65. The van der Waals surface area contributed by atoms with Gasteiger partial charge in [0.05, 0.1) is 17.3 Å². The van der Waals surface area contributed by atoms with Crippen LogP contribution in [0.4, 0.5) is 5.69 Å². The summed E-state index contributed by atoms with van der Waals surface area (Å²) in [7, 11) is 0. The zero-order chi connectivity index (χ0) is 17.4. The summed E-state index contributed by atoms with van der Waals surface area (Å²) in [6, 6.07) is 14.5. The number of nitrogens with one attached hydrogen (secondary N) is 1. The first-order valence-corrected chi connectivity index (χ1v) is 8.25. The minimum absolute atomic E-state index is 0.0501. The van der Waals surface area contributed by atoms with E-state index in [0.717, 1.165) is 17.7 Å². The zero-order valence-electron chi connectivity index (χ0n) is 13.6. The van der Waals surface area contributed by atoms with Crippen LogP contribution in [-0.4, -0.2) is 22.2 Å². The van der Waals surface area contributed by atoms with Gasteiger partial charge in [0, 0.05) is 18.7 Å². The van der Waals surface area contributed by atoms with E-state index < -0.39 is 0 Å². The number of carbonyl (C=O) groups is 1. The van der Waals surface area contributed by atoms with Crippen LogP contribution < -0.4 is 16.0 Å². The smallest absolute Gasteiger partial charge is 0.273 e. The van der Waals surface area contributed by atoms with Crippen LogP contribution in [0.2, 0.25) is 0 Å². The Kier molecular flexibility index (Phi) is 3.72. The molecule has 0 saturated heterocycles. The summed E-state index contributed by atoms with van der Waals surface area (Å²) >= 11 is 0. The predicted molar refractivity (Wildman–Crippen MR) is 95.9 cm³/mol. The molecule has 0 aliphatic carbocycles. The normalized spacial score (nSPS) is 13.2. The molecule has 25 heavy (non-hydrogen) atoms. The van der Waals surface area contributed by atoms with Crippen LogP contribution in [-0.2, 0) is 17.8 Å². The van der Waals surface area contributed by atoms with Gasteiger partial charge in [0.15, 0.2) is 0 Å². The first-order chi connectivity index (χ1) is 12.1. The van der Waals surface area contributed by atoms with Crippen molar-refractivity contribution in [2.24, 2.45) is 0 Å². The van der Waals surface area contributed by atoms with Crippen molar-refractivity contribution < 1.29 is 4.79 Å². The number of rotatable bonds is 3. The maximum Gasteiger partial charge on any atom is 0.273 e. The molecule has 1 N–H and O–H groups in total. The van der Waals surface area contributed by atoms with Gasteiger partial charge in [-0.05, 0) is 30.2 Å². The molecule has 0 radical (unpaired) electrons. The standard InChI is InChI=1S/C19H17N3O3/c23-17(21-11-9-13-5-1-4-8-16(13)21)10-12-22-19(25)15-7-3-2-6-14(15)18(24)20-22/h1-8H,9-12H2,(H,20,24). The van der Waals surface area contributed by atoms with E-state index in [9.17, 15) is 14.4 Å². The van der Waals surface area contributed by atoms with E-state index in [1.165, 1.54) is 4.68 Å². The van der Waals surface area contributed by atoms with Crippen molar-refractivity contribution in [2.75, 3.05) is 11.4 Å². The van der Waals surface area contributed by atoms with Crippen LogP contribution in [0.1, 0.15) is 12.0 Å². The summed E-state index contributed by atoms with van der Waals surface area (Å²) < 4.78 is 1.23. The highest BCUT2D eigenvalue weighted by molar-refractivity contribution is 5.95. The SMILES string of the molecule is O=C(CCn1[nH]c(=O)c2ccccc2c1=O)N1CCc2ccccc21. The molecule has 0 unspecified atom stereocenters. The average molecular weight is 335 g/mol. The van der Waals surface area contributed by atoms with Crippen molar-refractivity contribution in [3.63, 3.8) is 0 Å². The first kappa shape index (κ1) is 15.4. The molecular formula is C19H17N3O3. The summed E-state index contributed by atoms with van der Waals surface area (Å²) in [6.07, 6.45) is 0.997. The highest BCUT2D eigenvalue weighted by Crippen LogP contribution is 2.27. The summed E-state index contributed by atoms with van der Waals surface area (Å²) in [6.45, 7) is 0.803. The van der Waals surface area contributed by atoms with Crippen molar-refractivity contribution in [1.82, 2.24) is 9.78 Å². The van der Waals surface area contributed by atoms with Crippen LogP contribution in [0.15, 0.2) is 58.1 Å². The second-order valence-electron chi connectivity index (χ2n) is 6.12. The lowest BCUT2D eigenvalue weighted by atomic mass is 10.2. The summed E-state index contributed by atoms with van der Waals surface area (Å²) in [5.41, 5.74) is 1.48. The highest BCUT2D eigenvalue weighted by atomic mass is 16.2. The van der Waals surface area contributed by atoms with E-state index in [1.54, 1.807) is 29.2 Å². The average Bonchev–Trinajstić information content (AvgIpc) is 3.07. The number of carbonyl (C=O) groups excluding carboxylic acids is 1. The number of hydrogen-bond acceptors (Lipinski definition) is 3. The number of nitrogens with zero attached hydrogens (tertiary/aromatic N) is 2. The molecule has 0 fully saturated rings. The number of fused-ring (bicyclic) bond motifs is 2. The number of benzene rings is 2. The van der Waals surface area contributed by atoms with E-state index in [4.69, 9.17) is 0 Å². The van der Waals surface area contributed by atoms with Crippen molar-refractivity contribution in [3.05, 3.63) is 74.8 Å². The maximum atomic E-state index is 12.6. The van der Waals surface area contributed by atoms with E-state index in [2.05, 4.69) is 5.10 Å². The number of aryl methyl sites for hydroxylation is 1. The van der Waals surface area contributed by atoms with Crippen molar-refractivity contribution in [2.45, 2.75) is 19.4 Å². The van der Waals surface area contributed by atoms with Gasteiger partial charge in [-0.2, -0.15) is 0 Å². The number of aromatic amines is 1. The summed E-state index contributed by atoms with van der Waals surface area (Å²) in [4.78, 5) is 38.9. The summed E-state index contributed by atoms with van der Waals surface area (Å²) in [5.74, 6) is -0.0501. The summed E-state index contributed by atoms with van der Waals surface area (Å²) in [5, 5.41) is 3.29. The molecule has 1 aliphatic rings. The number of aromatic nitrogens is 2. The topological polar surface area (TPSA) is 75.2 Å². The molecule has 0 spiro atoms. The lowest BCUT2D eigenvalue weighted by Gasteiger charge is -2.17. The van der Waals surface area contributed by atoms with Crippen LogP contribution in [0, 0.1) is 0 Å². The largest absolute Gasteiger partial charge is 0.312 e. The quantitative estimate of drug-likeness (QED) is 0.791. The second-order valence-corrected chi connectivity index (χ2v) is 6.12. The Hall–Kier alpha value is -3.15. The van der Waals surface area contributed by atoms with Gasteiger partial charge in [-0.25, -0.2) is 4.68 Å². The Morgan fingerprint density at radius 2 is 1.72 bits per heavy atom. The number of anilines is 1. The van der Waals surface area contributed by atoms with Crippen molar-refractivity contribution >= 4 is 22.4 Å². The van der Waals surface area contributed by atoms with Crippen molar-refractivity contribution in [1.29, 1.82) is 0 Å². The molecule has 6 nitrogen and oxygen atoms in total. The van der Waals surface area contributed by atoms with Gasteiger partial charge in [-0.3, -0.25) is 19.5 Å². The Morgan fingerprint density at radius 1 is 1.00 bits per heavy atom.